The van der Waals surface area contributed by atoms with E-state index < -0.39 is 0 Å². The van der Waals surface area contributed by atoms with Gasteiger partial charge in [0.1, 0.15) is 6.10 Å². The lowest BCUT2D eigenvalue weighted by atomic mass is 10.1. The fourth-order valence-corrected chi connectivity index (χ4v) is 3.28. The van der Waals surface area contributed by atoms with Crippen LogP contribution in [0.25, 0.3) is 10.9 Å². The fraction of sp³-hybridized carbons (Fsp3) is 0.375. The number of ketones is 1. The van der Waals surface area contributed by atoms with E-state index in [1.165, 1.54) is 0 Å². The lowest BCUT2D eigenvalue weighted by Gasteiger charge is -2.15. The summed E-state index contributed by atoms with van der Waals surface area (Å²) in [7, 11) is 0. The third kappa shape index (κ3) is 2.48. The Kier molecular flexibility index (Phi) is 4.04. The van der Waals surface area contributed by atoms with Crippen LogP contribution in [0.4, 0.5) is 10.5 Å². The quantitative estimate of drug-likeness (QED) is 0.913. The third-order valence-corrected chi connectivity index (χ3v) is 4.40. The standard InChI is InChI=1S/C16H17N3O3.ClH/c17-8-12-9-19(16(21)22-12)11-3-4-13-10(6-11)7-14-15(20)2-1-5-18(13)14;/h3-4,6-7,12H,1-2,5,8-9,17H2;1H/t12-;/m0./s1. The van der Waals surface area contributed by atoms with Crippen molar-refractivity contribution in [1.82, 2.24) is 4.57 Å². The van der Waals surface area contributed by atoms with Crippen LogP contribution in [-0.4, -0.2) is 35.6 Å². The number of aromatic nitrogens is 1. The Bertz CT molecular complexity index is 786. The molecule has 0 bridgehead atoms. The summed E-state index contributed by atoms with van der Waals surface area (Å²) >= 11 is 0. The molecule has 0 aliphatic carbocycles. The number of cyclic esters (lactones) is 1. The van der Waals surface area contributed by atoms with Crippen molar-refractivity contribution in [1.29, 1.82) is 0 Å². The second-order valence-corrected chi connectivity index (χ2v) is 5.80. The van der Waals surface area contributed by atoms with Crippen LogP contribution >= 0.6 is 12.4 Å². The first-order valence-electron chi connectivity index (χ1n) is 7.52. The summed E-state index contributed by atoms with van der Waals surface area (Å²) in [4.78, 5) is 25.5. The summed E-state index contributed by atoms with van der Waals surface area (Å²) in [5.74, 6) is 0.188. The first-order chi connectivity index (χ1) is 10.7. The van der Waals surface area contributed by atoms with Crippen LogP contribution in [0.5, 0.6) is 0 Å². The molecule has 2 aliphatic heterocycles. The van der Waals surface area contributed by atoms with Crippen molar-refractivity contribution in [2.75, 3.05) is 18.0 Å². The van der Waals surface area contributed by atoms with E-state index in [-0.39, 0.29) is 30.4 Å². The van der Waals surface area contributed by atoms with E-state index in [2.05, 4.69) is 4.57 Å². The van der Waals surface area contributed by atoms with Gasteiger partial charge in [0.15, 0.2) is 5.78 Å². The monoisotopic (exact) mass is 335 g/mol. The van der Waals surface area contributed by atoms with Gasteiger partial charge in [-0.15, -0.1) is 12.4 Å². The number of rotatable bonds is 2. The molecular weight excluding hydrogens is 318 g/mol. The van der Waals surface area contributed by atoms with Gasteiger partial charge in [0, 0.05) is 36.1 Å². The van der Waals surface area contributed by atoms with Gasteiger partial charge in [-0.25, -0.2) is 4.79 Å². The van der Waals surface area contributed by atoms with Gasteiger partial charge >= 0.3 is 6.09 Å². The van der Waals surface area contributed by atoms with E-state index in [1.54, 1.807) is 4.90 Å². The number of benzene rings is 1. The molecule has 0 unspecified atom stereocenters. The fourth-order valence-electron chi connectivity index (χ4n) is 3.28. The molecular formula is C16H18ClN3O3. The first-order valence-corrected chi connectivity index (χ1v) is 7.52. The van der Waals surface area contributed by atoms with Gasteiger partial charge in [0.25, 0.3) is 0 Å². The van der Waals surface area contributed by atoms with Gasteiger partial charge in [-0.1, -0.05) is 0 Å². The molecule has 0 spiro atoms. The van der Waals surface area contributed by atoms with Crippen molar-refractivity contribution >= 4 is 40.9 Å². The molecule has 6 nitrogen and oxygen atoms in total. The van der Waals surface area contributed by atoms with Crippen molar-refractivity contribution in [3.63, 3.8) is 0 Å². The average molecular weight is 336 g/mol. The molecule has 122 valence electrons. The molecule has 1 saturated heterocycles. The van der Waals surface area contributed by atoms with Crippen molar-refractivity contribution in [3.05, 3.63) is 30.0 Å². The van der Waals surface area contributed by atoms with Gasteiger partial charge in [0.05, 0.1) is 12.2 Å². The van der Waals surface area contributed by atoms with Crippen LogP contribution in [0.1, 0.15) is 23.3 Å². The molecule has 2 aliphatic rings. The van der Waals surface area contributed by atoms with Gasteiger partial charge in [-0.3, -0.25) is 9.69 Å². The highest BCUT2D eigenvalue weighted by atomic mass is 35.5. The minimum Gasteiger partial charge on any atom is -0.443 e. The molecule has 1 atom stereocenters. The van der Waals surface area contributed by atoms with E-state index in [0.29, 0.717) is 19.5 Å². The number of anilines is 1. The smallest absolute Gasteiger partial charge is 0.414 e. The Morgan fingerprint density at radius 2 is 2.09 bits per heavy atom. The highest BCUT2D eigenvalue weighted by molar-refractivity contribution is 6.02. The zero-order chi connectivity index (χ0) is 15.3. The van der Waals surface area contributed by atoms with Crippen LogP contribution in [0.2, 0.25) is 0 Å². The minimum atomic E-state index is -0.366. The lowest BCUT2D eigenvalue weighted by Crippen LogP contribution is -2.27. The highest BCUT2D eigenvalue weighted by Crippen LogP contribution is 2.30. The second-order valence-electron chi connectivity index (χ2n) is 5.80. The normalized spacial score (nSPS) is 20.4. The molecule has 1 aromatic carbocycles. The SMILES string of the molecule is Cl.NC[C@H]1CN(c2ccc3c(c2)cc2n3CCCC2=O)C(=O)O1. The number of amides is 1. The van der Waals surface area contributed by atoms with Crippen LogP contribution in [0.15, 0.2) is 24.3 Å². The van der Waals surface area contributed by atoms with E-state index in [9.17, 15) is 9.59 Å². The largest absolute Gasteiger partial charge is 0.443 e. The second kappa shape index (κ2) is 5.86. The van der Waals surface area contributed by atoms with Crippen LogP contribution < -0.4 is 10.6 Å². The van der Waals surface area contributed by atoms with Crippen LogP contribution in [0, 0.1) is 0 Å². The lowest BCUT2D eigenvalue weighted by molar-refractivity contribution is 0.0956. The Hall–Kier alpha value is -2.05. The van der Waals surface area contributed by atoms with Crippen molar-refractivity contribution < 1.29 is 14.3 Å². The number of aryl methyl sites for hydroxylation is 1. The number of fused-ring (bicyclic) bond motifs is 3. The van der Waals surface area contributed by atoms with Gasteiger partial charge in [-0.05, 0) is 30.7 Å². The molecule has 1 amide bonds. The Balaban J connectivity index is 0.00000156. The number of carbonyl (C=O) groups excluding carboxylic acids is 2. The summed E-state index contributed by atoms with van der Waals surface area (Å²) in [6.45, 7) is 1.65. The molecule has 1 fully saturated rings. The summed E-state index contributed by atoms with van der Waals surface area (Å²) < 4.78 is 7.26. The number of ether oxygens (including phenoxy) is 1. The molecule has 3 heterocycles. The summed E-state index contributed by atoms with van der Waals surface area (Å²) in [6.07, 6.45) is 0.871. The number of carbonyl (C=O) groups is 2. The average Bonchev–Trinajstić information content (AvgIpc) is 3.08. The maximum atomic E-state index is 12.0. The maximum Gasteiger partial charge on any atom is 0.414 e. The van der Waals surface area contributed by atoms with Crippen LogP contribution in [0.3, 0.4) is 0 Å². The highest BCUT2D eigenvalue weighted by Gasteiger charge is 2.31. The minimum absolute atomic E-state index is 0. The Morgan fingerprint density at radius 1 is 1.26 bits per heavy atom. The maximum absolute atomic E-state index is 12.0. The van der Waals surface area contributed by atoms with E-state index >= 15 is 0 Å². The number of halogens is 1. The summed E-state index contributed by atoms with van der Waals surface area (Å²) in [5, 5.41) is 0.978. The number of nitrogens with two attached hydrogens (primary N) is 1. The number of hydrogen-bond acceptors (Lipinski definition) is 4. The summed E-state index contributed by atoms with van der Waals surface area (Å²) in [5.41, 5.74) is 8.15. The molecule has 0 saturated carbocycles. The molecule has 4 rings (SSSR count). The number of nitrogens with zero attached hydrogens (tertiary/aromatic N) is 2. The van der Waals surface area contributed by atoms with Gasteiger partial charge in [0.2, 0.25) is 0 Å². The number of hydrogen-bond donors (Lipinski definition) is 1. The Labute approximate surface area is 139 Å². The third-order valence-electron chi connectivity index (χ3n) is 4.40. The predicted molar refractivity (Wildman–Crippen MR) is 89.4 cm³/mol. The molecule has 1 aromatic heterocycles. The zero-order valence-electron chi connectivity index (χ0n) is 12.5. The van der Waals surface area contributed by atoms with Crippen LogP contribution in [-0.2, 0) is 11.3 Å². The van der Waals surface area contributed by atoms with E-state index in [4.69, 9.17) is 10.5 Å². The number of Topliss-reactive ketones (excluding diaryl/α,β-unsaturated/α-hetero) is 1. The molecule has 0 radical (unpaired) electrons. The summed E-state index contributed by atoms with van der Waals surface area (Å²) in [6, 6.07) is 7.72. The van der Waals surface area contributed by atoms with Crippen molar-refractivity contribution in [2.45, 2.75) is 25.5 Å². The Morgan fingerprint density at radius 3 is 2.83 bits per heavy atom. The van der Waals surface area contributed by atoms with Crippen molar-refractivity contribution in [2.24, 2.45) is 5.73 Å². The first kappa shape index (κ1) is 15.8. The van der Waals surface area contributed by atoms with Gasteiger partial charge < -0.3 is 15.0 Å². The zero-order valence-corrected chi connectivity index (χ0v) is 13.3. The van der Waals surface area contributed by atoms with E-state index in [0.717, 1.165) is 35.2 Å². The van der Waals surface area contributed by atoms with E-state index in [1.807, 2.05) is 24.3 Å². The topological polar surface area (TPSA) is 77.6 Å². The molecule has 7 heteroatoms. The predicted octanol–water partition coefficient (Wildman–Crippen LogP) is 2.32. The van der Waals surface area contributed by atoms with Crippen molar-refractivity contribution in [3.8, 4) is 0 Å². The molecule has 2 N–H and O–H groups in total. The molecule has 2 aromatic rings. The van der Waals surface area contributed by atoms with Gasteiger partial charge in [-0.2, -0.15) is 0 Å². The molecule has 23 heavy (non-hydrogen) atoms.